The van der Waals surface area contributed by atoms with Gasteiger partial charge in [0.15, 0.2) is 0 Å². The summed E-state index contributed by atoms with van der Waals surface area (Å²) in [7, 11) is -3.59. The molecule has 164 valence electrons. The smallest absolute Gasteiger partial charge is 0.277 e. The molecule has 0 saturated carbocycles. The van der Waals surface area contributed by atoms with Crippen LogP contribution in [0, 0.1) is 0 Å². The summed E-state index contributed by atoms with van der Waals surface area (Å²) in [6.07, 6.45) is 0. The molecule has 0 amide bonds. The molecule has 4 aromatic rings. The van der Waals surface area contributed by atoms with Crippen LogP contribution < -0.4 is 0 Å². The molecule has 5 rings (SSSR count). The van der Waals surface area contributed by atoms with Gasteiger partial charge in [-0.1, -0.05) is 60.3 Å². The summed E-state index contributed by atoms with van der Waals surface area (Å²) in [5, 5.41) is 11.1. The lowest BCUT2D eigenvalue weighted by atomic mass is 10.1. The third kappa shape index (κ3) is 4.29. The van der Waals surface area contributed by atoms with E-state index in [1.807, 2.05) is 18.2 Å². The number of sulfonamides is 1. The lowest BCUT2D eigenvalue weighted by molar-refractivity contribution is 0.0730. The molecule has 1 aliphatic rings. The maximum Gasteiger partial charge on any atom is 0.277 e. The number of nitrogens with zero attached hydrogens (tertiary/aromatic N) is 3. The maximum atomic E-state index is 12.9. The van der Waals surface area contributed by atoms with Gasteiger partial charge in [-0.2, -0.15) is 4.31 Å². The van der Waals surface area contributed by atoms with Crippen molar-refractivity contribution in [2.45, 2.75) is 15.9 Å². The number of hydrogen-bond acceptors (Lipinski definition) is 7. The highest BCUT2D eigenvalue weighted by Gasteiger charge is 2.27. The van der Waals surface area contributed by atoms with Crippen LogP contribution >= 0.6 is 11.8 Å². The van der Waals surface area contributed by atoms with Crippen LogP contribution in [-0.2, 0) is 20.5 Å². The molecule has 1 aromatic heterocycles. The van der Waals surface area contributed by atoms with Gasteiger partial charge in [0, 0.05) is 24.4 Å². The molecule has 9 heteroatoms. The van der Waals surface area contributed by atoms with E-state index in [1.165, 1.54) is 32.4 Å². The lowest BCUT2D eigenvalue weighted by Crippen LogP contribution is -2.40. The fourth-order valence-corrected chi connectivity index (χ4v) is 5.89. The third-order valence-corrected chi connectivity index (χ3v) is 8.09. The number of hydrogen-bond donors (Lipinski definition) is 0. The lowest BCUT2D eigenvalue weighted by Gasteiger charge is -2.26. The van der Waals surface area contributed by atoms with Crippen molar-refractivity contribution < 1.29 is 17.6 Å². The highest BCUT2D eigenvalue weighted by Crippen LogP contribution is 2.30. The van der Waals surface area contributed by atoms with E-state index in [4.69, 9.17) is 9.15 Å². The molecule has 0 bridgehead atoms. The molecule has 7 nitrogen and oxygen atoms in total. The number of rotatable bonds is 6. The first-order valence-electron chi connectivity index (χ1n) is 10.2. The molecular formula is C23H21N3O4S2. The number of thioether (sulfide) groups is 1. The van der Waals surface area contributed by atoms with E-state index in [1.54, 1.807) is 24.3 Å². The van der Waals surface area contributed by atoms with Crippen LogP contribution in [0.3, 0.4) is 0 Å². The number of aromatic nitrogens is 2. The second-order valence-corrected chi connectivity index (χ2v) is 10.2. The largest absolute Gasteiger partial charge is 0.411 e. The van der Waals surface area contributed by atoms with Gasteiger partial charge in [0.25, 0.3) is 5.22 Å². The van der Waals surface area contributed by atoms with Crippen molar-refractivity contribution in [3.8, 4) is 11.5 Å². The Kier molecular flexibility index (Phi) is 5.97. The van der Waals surface area contributed by atoms with Crippen molar-refractivity contribution in [3.63, 3.8) is 0 Å². The second-order valence-electron chi connectivity index (χ2n) is 7.34. The van der Waals surface area contributed by atoms with E-state index in [0.29, 0.717) is 48.7 Å². The minimum atomic E-state index is -3.59. The molecule has 1 aliphatic heterocycles. The molecule has 1 saturated heterocycles. The average Bonchev–Trinajstić information content (AvgIpc) is 3.32. The van der Waals surface area contributed by atoms with Gasteiger partial charge in [0.2, 0.25) is 15.9 Å². The van der Waals surface area contributed by atoms with Crippen LogP contribution in [0.2, 0.25) is 0 Å². The van der Waals surface area contributed by atoms with E-state index in [2.05, 4.69) is 34.5 Å². The fourth-order valence-electron chi connectivity index (χ4n) is 3.67. The molecular weight excluding hydrogens is 446 g/mol. The average molecular weight is 468 g/mol. The monoisotopic (exact) mass is 467 g/mol. The van der Waals surface area contributed by atoms with E-state index in [-0.39, 0.29) is 4.90 Å². The zero-order valence-corrected chi connectivity index (χ0v) is 18.8. The Hall–Kier alpha value is -2.72. The Labute approximate surface area is 190 Å². The predicted molar refractivity (Wildman–Crippen MR) is 123 cm³/mol. The normalized spacial score (nSPS) is 15.2. The Balaban J connectivity index is 1.34. The van der Waals surface area contributed by atoms with Crippen LogP contribution in [0.15, 0.2) is 81.3 Å². The first-order chi connectivity index (χ1) is 15.6. The summed E-state index contributed by atoms with van der Waals surface area (Å²) in [5.74, 6) is 0.985. The van der Waals surface area contributed by atoms with Crippen LogP contribution in [0.4, 0.5) is 0 Å². The molecule has 0 N–H and O–H groups in total. The van der Waals surface area contributed by atoms with Crippen molar-refractivity contribution in [2.75, 3.05) is 26.3 Å². The Morgan fingerprint density at radius 2 is 1.72 bits per heavy atom. The first kappa shape index (κ1) is 21.1. The van der Waals surface area contributed by atoms with E-state index in [9.17, 15) is 8.42 Å². The van der Waals surface area contributed by atoms with Gasteiger partial charge in [0.1, 0.15) is 0 Å². The van der Waals surface area contributed by atoms with Crippen molar-refractivity contribution in [3.05, 3.63) is 72.3 Å². The molecule has 2 heterocycles. The van der Waals surface area contributed by atoms with Gasteiger partial charge in [-0.25, -0.2) is 8.42 Å². The van der Waals surface area contributed by atoms with E-state index >= 15 is 0 Å². The van der Waals surface area contributed by atoms with Crippen molar-refractivity contribution >= 4 is 32.6 Å². The second kappa shape index (κ2) is 9.03. The van der Waals surface area contributed by atoms with Crippen LogP contribution in [0.1, 0.15) is 5.56 Å². The SMILES string of the molecule is O=S(=O)(c1cccc(-c2nnc(SCc3cccc4ccccc34)o2)c1)N1CCOCC1. The first-order valence-corrected chi connectivity index (χ1v) is 12.7. The Bertz CT molecular complexity index is 1340. The number of benzene rings is 3. The predicted octanol–water partition coefficient (Wildman–Crippen LogP) is 4.20. The van der Waals surface area contributed by atoms with Crippen LogP contribution in [0.5, 0.6) is 0 Å². The van der Waals surface area contributed by atoms with Crippen molar-refractivity contribution in [1.82, 2.24) is 14.5 Å². The summed E-state index contributed by atoms with van der Waals surface area (Å²) in [4.78, 5) is 0.208. The molecule has 0 aliphatic carbocycles. The zero-order chi connectivity index (χ0) is 22.0. The fraction of sp³-hybridized carbons (Fsp3) is 0.217. The number of morpholine rings is 1. The minimum absolute atomic E-state index is 0.208. The summed E-state index contributed by atoms with van der Waals surface area (Å²) >= 11 is 1.46. The highest BCUT2D eigenvalue weighted by molar-refractivity contribution is 7.98. The standard InChI is InChI=1S/C23H21N3O4S2/c27-32(28,26-11-13-29-14-12-26)20-9-4-7-18(15-20)22-24-25-23(30-22)31-16-19-8-3-6-17-5-1-2-10-21(17)19/h1-10,15H,11-14,16H2. The van der Waals surface area contributed by atoms with Gasteiger partial charge in [-0.3, -0.25) is 0 Å². The third-order valence-electron chi connectivity index (χ3n) is 5.33. The summed E-state index contributed by atoms with van der Waals surface area (Å²) in [5.41, 5.74) is 1.76. The minimum Gasteiger partial charge on any atom is -0.411 e. The van der Waals surface area contributed by atoms with Gasteiger partial charge in [-0.15, -0.1) is 10.2 Å². The highest BCUT2D eigenvalue weighted by atomic mass is 32.2. The van der Waals surface area contributed by atoms with Crippen molar-refractivity contribution in [1.29, 1.82) is 0 Å². The summed E-state index contributed by atoms with van der Waals surface area (Å²) in [6, 6.07) is 21.1. The van der Waals surface area contributed by atoms with Crippen molar-refractivity contribution in [2.24, 2.45) is 0 Å². The summed E-state index contributed by atoms with van der Waals surface area (Å²) < 4.78 is 38.4. The van der Waals surface area contributed by atoms with Gasteiger partial charge >= 0.3 is 0 Å². The summed E-state index contributed by atoms with van der Waals surface area (Å²) in [6.45, 7) is 1.50. The number of ether oxygens (including phenoxy) is 1. The Morgan fingerprint density at radius 3 is 2.59 bits per heavy atom. The van der Waals surface area contributed by atoms with Crippen LogP contribution in [0.25, 0.3) is 22.2 Å². The van der Waals surface area contributed by atoms with Gasteiger partial charge < -0.3 is 9.15 Å². The molecule has 32 heavy (non-hydrogen) atoms. The topological polar surface area (TPSA) is 85.5 Å². The maximum absolute atomic E-state index is 12.9. The Morgan fingerprint density at radius 1 is 0.938 bits per heavy atom. The molecule has 0 unspecified atom stereocenters. The zero-order valence-electron chi connectivity index (χ0n) is 17.2. The number of fused-ring (bicyclic) bond motifs is 1. The molecule has 3 aromatic carbocycles. The van der Waals surface area contributed by atoms with E-state index in [0.717, 1.165) is 0 Å². The molecule has 0 radical (unpaired) electrons. The van der Waals surface area contributed by atoms with Gasteiger partial charge in [-0.05, 0) is 34.5 Å². The quantitative estimate of drug-likeness (QED) is 0.393. The van der Waals surface area contributed by atoms with Crippen LogP contribution in [-0.4, -0.2) is 49.2 Å². The van der Waals surface area contributed by atoms with E-state index < -0.39 is 10.0 Å². The molecule has 1 fully saturated rings. The van der Waals surface area contributed by atoms with Gasteiger partial charge in [0.05, 0.1) is 18.1 Å². The molecule has 0 atom stereocenters. The molecule has 0 spiro atoms.